The topological polar surface area (TPSA) is 41.4 Å². The monoisotopic (exact) mass is 398 g/mol. The highest BCUT2D eigenvalue weighted by atomic mass is 32.1. The van der Waals surface area contributed by atoms with Gasteiger partial charge < -0.3 is 9.47 Å². The van der Waals surface area contributed by atoms with Crippen LogP contribution in [-0.2, 0) is 11.3 Å². The summed E-state index contributed by atoms with van der Waals surface area (Å²) in [7, 11) is 0. The van der Waals surface area contributed by atoms with Crippen LogP contribution >= 0.6 is 11.3 Å². The Morgan fingerprint density at radius 2 is 2.21 bits per heavy atom. The van der Waals surface area contributed by atoms with E-state index in [1.54, 1.807) is 11.3 Å². The molecule has 150 valence electrons. The smallest absolute Gasteiger partial charge is 0.230 e. The van der Waals surface area contributed by atoms with E-state index in [0.29, 0.717) is 11.9 Å². The number of carbonyl (C=O) groups is 1. The third-order valence-electron chi connectivity index (χ3n) is 6.89. The third kappa shape index (κ3) is 3.20. The number of amides is 1. The molecule has 1 aliphatic carbocycles. The Labute approximate surface area is 171 Å². The molecule has 2 aromatic heterocycles. The van der Waals surface area contributed by atoms with Crippen molar-refractivity contribution < 1.29 is 4.79 Å². The number of likely N-dealkylation sites (tertiary alicyclic amines) is 2. The van der Waals surface area contributed by atoms with Crippen LogP contribution in [0.5, 0.6) is 0 Å². The Hall–Kier alpha value is -1.66. The molecule has 5 rings (SSSR count). The second-order valence-corrected chi connectivity index (χ2v) is 10.1. The Morgan fingerprint density at radius 3 is 2.89 bits per heavy atom. The Morgan fingerprint density at radius 1 is 1.36 bits per heavy atom. The molecule has 1 spiro atoms. The molecule has 5 nitrogen and oxygen atoms in total. The van der Waals surface area contributed by atoms with E-state index >= 15 is 0 Å². The molecular weight excluding hydrogens is 368 g/mol. The van der Waals surface area contributed by atoms with Gasteiger partial charge in [0.25, 0.3) is 0 Å². The molecule has 2 saturated heterocycles. The number of hydrogen-bond donors (Lipinski definition) is 0. The molecule has 0 unspecified atom stereocenters. The minimum atomic E-state index is -0.291. The van der Waals surface area contributed by atoms with Gasteiger partial charge in [0.05, 0.1) is 17.4 Å². The number of thiophene rings is 1. The van der Waals surface area contributed by atoms with Gasteiger partial charge in [-0.2, -0.15) is 11.3 Å². The van der Waals surface area contributed by atoms with Crippen molar-refractivity contribution in [1.29, 1.82) is 0 Å². The van der Waals surface area contributed by atoms with E-state index in [-0.39, 0.29) is 11.3 Å². The van der Waals surface area contributed by atoms with Gasteiger partial charge >= 0.3 is 0 Å². The number of hydrogen-bond acceptors (Lipinski definition) is 4. The number of rotatable bonds is 6. The fraction of sp³-hybridized carbons (Fsp3) is 0.636. The summed E-state index contributed by atoms with van der Waals surface area (Å²) in [6.45, 7) is 8.97. The average Bonchev–Trinajstić information content (AvgIpc) is 3.09. The van der Waals surface area contributed by atoms with Gasteiger partial charge in [0.15, 0.2) is 0 Å². The van der Waals surface area contributed by atoms with Crippen molar-refractivity contribution in [2.24, 2.45) is 11.3 Å². The molecule has 0 aromatic carbocycles. The number of carbonyl (C=O) groups excluding carboxylic acids is 1. The van der Waals surface area contributed by atoms with Gasteiger partial charge in [-0.05, 0) is 61.4 Å². The van der Waals surface area contributed by atoms with E-state index in [1.807, 2.05) is 6.33 Å². The molecule has 1 amide bonds. The second kappa shape index (κ2) is 6.99. The first-order chi connectivity index (χ1) is 13.5. The Kier molecular flexibility index (Phi) is 4.59. The lowest BCUT2D eigenvalue weighted by molar-refractivity contribution is -0.136. The van der Waals surface area contributed by atoms with Crippen LogP contribution in [0.4, 0.5) is 0 Å². The first kappa shape index (κ1) is 18.4. The average molecular weight is 399 g/mol. The summed E-state index contributed by atoms with van der Waals surface area (Å²) in [5.74, 6) is 1.33. The molecule has 3 fully saturated rings. The van der Waals surface area contributed by atoms with Gasteiger partial charge in [0.2, 0.25) is 5.91 Å². The van der Waals surface area contributed by atoms with Crippen LogP contribution in [0.15, 0.2) is 29.4 Å². The van der Waals surface area contributed by atoms with Crippen molar-refractivity contribution in [1.82, 2.24) is 19.4 Å². The van der Waals surface area contributed by atoms with Crippen molar-refractivity contribution in [2.75, 3.05) is 26.2 Å². The van der Waals surface area contributed by atoms with E-state index in [9.17, 15) is 4.79 Å². The van der Waals surface area contributed by atoms with Gasteiger partial charge in [0, 0.05) is 50.9 Å². The third-order valence-corrected chi connectivity index (χ3v) is 7.62. The maximum Gasteiger partial charge on any atom is 0.230 e. The summed E-state index contributed by atoms with van der Waals surface area (Å²) in [6.07, 6.45) is 7.68. The summed E-state index contributed by atoms with van der Waals surface area (Å²) >= 11 is 1.75. The lowest BCUT2D eigenvalue weighted by Crippen LogP contribution is -2.40. The first-order valence-electron chi connectivity index (χ1n) is 10.6. The van der Waals surface area contributed by atoms with E-state index in [4.69, 9.17) is 4.98 Å². The van der Waals surface area contributed by atoms with Crippen LogP contribution in [0, 0.1) is 11.3 Å². The van der Waals surface area contributed by atoms with Crippen molar-refractivity contribution >= 4 is 17.2 Å². The van der Waals surface area contributed by atoms with E-state index in [2.05, 4.69) is 51.2 Å². The normalized spacial score (nSPS) is 28.3. The van der Waals surface area contributed by atoms with Crippen molar-refractivity contribution in [3.63, 3.8) is 0 Å². The second-order valence-electron chi connectivity index (χ2n) is 9.29. The molecule has 0 radical (unpaired) electrons. The summed E-state index contributed by atoms with van der Waals surface area (Å²) in [6, 6.07) is 2.60. The van der Waals surface area contributed by atoms with E-state index in [0.717, 1.165) is 50.8 Å². The highest BCUT2D eigenvalue weighted by Crippen LogP contribution is 2.50. The zero-order valence-electron chi connectivity index (χ0n) is 16.9. The van der Waals surface area contributed by atoms with Crippen molar-refractivity contribution in [3.8, 4) is 0 Å². The number of aromatic nitrogens is 2. The standard InChI is InChI=1S/C22H30N4OS/c1-16(2)26-12-20(23-15-26)19-11-24(9-18-5-8-28-13-18)14-22(19)6-7-25(21(22)27)10-17-3-4-17/h5,8,12-13,15-17,19H,3-4,6-7,9-11,14H2,1-2H3/t19-,22+/m1/s1. The SMILES string of the molecule is CC(C)n1cnc([C@H]2CN(Cc3ccsc3)C[C@@]23CCN(CC2CC2)C3=O)c1. The molecular formula is C22H30N4OS. The predicted molar refractivity (Wildman–Crippen MR) is 111 cm³/mol. The Bertz CT molecular complexity index is 841. The lowest BCUT2D eigenvalue weighted by Gasteiger charge is -2.28. The maximum atomic E-state index is 13.6. The fourth-order valence-electron chi connectivity index (χ4n) is 5.07. The van der Waals surface area contributed by atoms with Crippen LogP contribution < -0.4 is 0 Å². The number of imidazole rings is 1. The highest BCUT2D eigenvalue weighted by Gasteiger charge is 2.58. The van der Waals surface area contributed by atoms with E-state index in [1.165, 1.54) is 18.4 Å². The fourth-order valence-corrected chi connectivity index (χ4v) is 5.73. The van der Waals surface area contributed by atoms with Gasteiger partial charge in [0.1, 0.15) is 0 Å². The zero-order valence-corrected chi connectivity index (χ0v) is 17.7. The van der Waals surface area contributed by atoms with Crippen LogP contribution in [0.25, 0.3) is 0 Å². The summed E-state index contributed by atoms with van der Waals surface area (Å²) in [5.41, 5.74) is 2.16. The van der Waals surface area contributed by atoms with Crippen LogP contribution in [0.1, 0.15) is 56.3 Å². The highest BCUT2D eigenvalue weighted by molar-refractivity contribution is 7.07. The van der Waals surface area contributed by atoms with Crippen LogP contribution in [-0.4, -0.2) is 51.4 Å². The molecule has 2 aliphatic heterocycles. The number of nitrogens with zero attached hydrogens (tertiary/aromatic N) is 4. The van der Waals surface area contributed by atoms with E-state index < -0.39 is 0 Å². The molecule has 3 aliphatic rings. The zero-order chi connectivity index (χ0) is 19.3. The molecule has 6 heteroatoms. The van der Waals surface area contributed by atoms with Gasteiger partial charge in [-0.1, -0.05) is 0 Å². The molecule has 0 bridgehead atoms. The summed E-state index contributed by atoms with van der Waals surface area (Å²) in [4.78, 5) is 23.1. The lowest BCUT2D eigenvalue weighted by atomic mass is 9.75. The first-order valence-corrected chi connectivity index (χ1v) is 11.6. The van der Waals surface area contributed by atoms with Crippen molar-refractivity contribution in [3.05, 3.63) is 40.6 Å². The minimum absolute atomic E-state index is 0.197. The molecule has 0 N–H and O–H groups in total. The summed E-state index contributed by atoms with van der Waals surface area (Å²) in [5, 5.41) is 4.37. The molecule has 2 aromatic rings. The van der Waals surface area contributed by atoms with Crippen molar-refractivity contribution in [2.45, 2.75) is 51.6 Å². The predicted octanol–water partition coefficient (Wildman–Crippen LogP) is 3.75. The largest absolute Gasteiger partial charge is 0.342 e. The Balaban J connectivity index is 1.43. The maximum absolute atomic E-state index is 13.6. The minimum Gasteiger partial charge on any atom is -0.342 e. The molecule has 4 heterocycles. The summed E-state index contributed by atoms with van der Waals surface area (Å²) < 4.78 is 2.17. The van der Waals surface area contributed by atoms with Crippen LogP contribution in [0.3, 0.4) is 0 Å². The van der Waals surface area contributed by atoms with Gasteiger partial charge in [-0.15, -0.1) is 0 Å². The van der Waals surface area contributed by atoms with Gasteiger partial charge in [-0.3, -0.25) is 9.69 Å². The molecule has 1 saturated carbocycles. The molecule has 28 heavy (non-hydrogen) atoms. The quantitative estimate of drug-likeness (QED) is 0.744. The van der Waals surface area contributed by atoms with Crippen LogP contribution in [0.2, 0.25) is 0 Å². The van der Waals surface area contributed by atoms with Gasteiger partial charge in [-0.25, -0.2) is 4.98 Å². The molecule has 2 atom stereocenters.